The molecule has 3 aromatic rings. The monoisotopic (exact) mass is 422 g/mol. The number of benzene rings is 3. The molecule has 0 aromatic heterocycles. The Labute approximate surface area is 172 Å². The molecule has 0 aliphatic carbocycles. The van der Waals surface area contributed by atoms with Gasteiger partial charge in [0.2, 0.25) is 0 Å². The molecule has 8 heteroatoms. The summed E-state index contributed by atoms with van der Waals surface area (Å²) in [7, 11) is -5.25. The fraction of sp³-hybridized carbons (Fsp3) is 0. The lowest BCUT2D eigenvalue weighted by Crippen LogP contribution is -2.54. The van der Waals surface area contributed by atoms with Gasteiger partial charge in [-0.15, -0.1) is 0 Å². The number of amides is 2. The third-order valence-corrected chi connectivity index (χ3v) is 5.18. The first kappa shape index (κ1) is 20.1. The molecule has 1 heterocycles. The first-order valence-corrected chi connectivity index (χ1v) is 10.5. The van der Waals surface area contributed by atoms with E-state index in [0.717, 1.165) is 0 Å². The minimum absolute atomic E-state index is 0.00446. The third kappa shape index (κ3) is 3.35. The van der Waals surface area contributed by atoms with Crippen LogP contribution in [0.1, 0.15) is 11.1 Å². The van der Waals surface area contributed by atoms with Crippen molar-refractivity contribution in [3.8, 4) is 0 Å². The van der Waals surface area contributed by atoms with E-state index in [1.807, 2.05) is 0 Å². The van der Waals surface area contributed by atoms with Crippen molar-refractivity contribution in [2.45, 2.75) is 0 Å². The predicted molar refractivity (Wildman–Crippen MR) is 111 cm³/mol. The topological polar surface area (TPSA) is 101 Å². The molecule has 4 rings (SSSR count). The molecule has 0 saturated heterocycles. The van der Waals surface area contributed by atoms with E-state index in [9.17, 15) is 23.9 Å². The number of nitrogens with zero attached hydrogens (tertiary/aromatic N) is 1. The standard InChI is InChI=1S/C22H16NO6P/c24-21-19(16-10-4-1-5-11-16)20(17-12-6-2-7-13-17)22(25)23(21,29-30(26,27)28)18-14-8-3-9-15-18/h1-15H,(H-,26,27,28)/p+1. The van der Waals surface area contributed by atoms with Crippen LogP contribution in [0.4, 0.5) is 5.69 Å². The number of hydroxylamine groups is 2. The second-order valence-electron chi connectivity index (χ2n) is 6.61. The molecule has 1 aliphatic heterocycles. The molecular formula is C22H17NO6P+. The molecule has 0 atom stereocenters. The van der Waals surface area contributed by atoms with Crippen LogP contribution in [0.5, 0.6) is 0 Å². The van der Waals surface area contributed by atoms with Crippen LogP contribution in [0.25, 0.3) is 11.1 Å². The smallest absolute Gasteiger partial charge is 0.300 e. The number of para-hydroxylation sites is 1. The van der Waals surface area contributed by atoms with Crippen molar-refractivity contribution >= 4 is 36.5 Å². The van der Waals surface area contributed by atoms with E-state index in [1.165, 1.54) is 12.1 Å². The van der Waals surface area contributed by atoms with Crippen molar-refractivity contribution < 1.29 is 28.6 Å². The molecule has 3 aromatic carbocycles. The van der Waals surface area contributed by atoms with Gasteiger partial charge in [-0.2, -0.15) is 0 Å². The zero-order valence-electron chi connectivity index (χ0n) is 15.6. The molecule has 0 bridgehead atoms. The minimum atomic E-state index is -5.25. The number of hydrogen-bond acceptors (Lipinski definition) is 4. The summed E-state index contributed by atoms with van der Waals surface area (Å²) < 4.78 is 15.3. The lowest BCUT2D eigenvalue weighted by molar-refractivity contribution is -0.162. The second kappa shape index (κ2) is 7.57. The predicted octanol–water partition coefficient (Wildman–Crippen LogP) is 3.70. The highest BCUT2D eigenvalue weighted by atomic mass is 31.2. The van der Waals surface area contributed by atoms with Gasteiger partial charge in [-0.1, -0.05) is 83.5 Å². The van der Waals surface area contributed by atoms with Crippen molar-refractivity contribution in [2.75, 3.05) is 0 Å². The number of rotatable bonds is 5. The van der Waals surface area contributed by atoms with Gasteiger partial charge in [0.15, 0.2) is 5.69 Å². The van der Waals surface area contributed by atoms with E-state index in [0.29, 0.717) is 11.1 Å². The number of phosphoric acid groups is 1. The van der Waals surface area contributed by atoms with Gasteiger partial charge in [-0.05, 0) is 15.8 Å². The van der Waals surface area contributed by atoms with Gasteiger partial charge in [0, 0.05) is 12.1 Å². The molecule has 0 spiro atoms. The maximum absolute atomic E-state index is 13.7. The van der Waals surface area contributed by atoms with Crippen molar-refractivity contribution in [3.05, 3.63) is 102 Å². The van der Waals surface area contributed by atoms with Gasteiger partial charge in [0.1, 0.15) is 11.1 Å². The Morgan fingerprint density at radius 1 is 0.633 bits per heavy atom. The van der Waals surface area contributed by atoms with E-state index in [1.54, 1.807) is 78.9 Å². The van der Waals surface area contributed by atoms with Crippen molar-refractivity contribution in [1.82, 2.24) is 4.65 Å². The molecule has 0 saturated carbocycles. The SMILES string of the molecule is O=C1C(c2ccccc2)=C(c2ccccc2)C(=O)[N+]1(OP(=O)(O)O)c1ccccc1. The van der Waals surface area contributed by atoms with Gasteiger partial charge in [0.05, 0.1) is 0 Å². The highest BCUT2D eigenvalue weighted by molar-refractivity contribution is 7.46. The Balaban J connectivity index is 2.04. The first-order chi connectivity index (χ1) is 14.3. The molecule has 7 nitrogen and oxygen atoms in total. The van der Waals surface area contributed by atoms with E-state index in [-0.39, 0.29) is 16.8 Å². The van der Waals surface area contributed by atoms with Crippen LogP contribution in [0.15, 0.2) is 91.0 Å². The number of carbonyl (C=O) groups excluding carboxylic acids is 2. The van der Waals surface area contributed by atoms with Crippen LogP contribution in [0.2, 0.25) is 0 Å². The summed E-state index contributed by atoms with van der Waals surface area (Å²) in [6, 6.07) is 24.6. The molecule has 0 unspecified atom stereocenters. The molecule has 150 valence electrons. The summed E-state index contributed by atoms with van der Waals surface area (Å²) in [5.41, 5.74) is 0.947. The summed E-state index contributed by atoms with van der Waals surface area (Å²) in [4.78, 5) is 46.7. The normalized spacial score (nSPS) is 16.2. The van der Waals surface area contributed by atoms with Gasteiger partial charge in [-0.3, -0.25) is 9.79 Å². The zero-order valence-corrected chi connectivity index (χ0v) is 16.5. The minimum Gasteiger partial charge on any atom is -0.300 e. The van der Waals surface area contributed by atoms with E-state index >= 15 is 0 Å². The zero-order chi connectivity index (χ0) is 21.4. The summed E-state index contributed by atoms with van der Waals surface area (Å²) >= 11 is 0. The van der Waals surface area contributed by atoms with Gasteiger partial charge in [-0.25, -0.2) is 14.2 Å². The van der Waals surface area contributed by atoms with E-state index in [2.05, 4.69) is 0 Å². The molecule has 2 amide bonds. The largest absolute Gasteiger partial charge is 0.517 e. The number of quaternary nitrogens is 1. The van der Waals surface area contributed by atoms with Crippen LogP contribution in [0.3, 0.4) is 0 Å². The first-order valence-electron chi connectivity index (χ1n) is 9.01. The van der Waals surface area contributed by atoms with Crippen LogP contribution in [0, 0.1) is 0 Å². The lowest BCUT2D eigenvalue weighted by atomic mass is 9.96. The van der Waals surface area contributed by atoms with E-state index < -0.39 is 24.3 Å². The maximum atomic E-state index is 13.7. The van der Waals surface area contributed by atoms with Crippen molar-refractivity contribution in [3.63, 3.8) is 0 Å². The van der Waals surface area contributed by atoms with Crippen LogP contribution in [-0.4, -0.2) is 21.6 Å². The average molecular weight is 422 g/mol. The maximum Gasteiger partial charge on any atom is 0.517 e. The molecule has 0 fully saturated rings. The average Bonchev–Trinajstić information content (AvgIpc) is 2.97. The lowest BCUT2D eigenvalue weighted by Gasteiger charge is -2.25. The second-order valence-corrected chi connectivity index (χ2v) is 7.75. The fourth-order valence-electron chi connectivity index (χ4n) is 3.52. The van der Waals surface area contributed by atoms with Crippen LogP contribution in [-0.2, 0) is 18.8 Å². The Morgan fingerprint density at radius 2 is 1.00 bits per heavy atom. The summed E-state index contributed by atoms with van der Waals surface area (Å²) in [6.45, 7) is 0. The molecule has 2 N–H and O–H groups in total. The number of hydrogen-bond donors (Lipinski definition) is 2. The quantitative estimate of drug-likeness (QED) is 0.370. The Bertz CT molecular complexity index is 1120. The summed E-state index contributed by atoms with van der Waals surface area (Å²) in [5, 5.41) is 0. The van der Waals surface area contributed by atoms with Crippen molar-refractivity contribution in [1.29, 1.82) is 0 Å². The Hall–Kier alpha value is -3.19. The molecule has 0 radical (unpaired) electrons. The van der Waals surface area contributed by atoms with Gasteiger partial charge in [0.25, 0.3) is 0 Å². The summed E-state index contributed by atoms with van der Waals surface area (Å²) in [6.07, 6.45) is 0. The van der Waals surface area contributed by atoms with Gasteiger partial charge < -0.3 is 0 Å². The van der Waals surface area contributed by atoms with Crippen LogP contribution >= 0.6 is 7.82 Å². The fourth-order valence-corrected chi connectivity index (χ4v) is 4.08. The van der Waals surface area contributed by atoms with Crippen LogP contribution < -0.4 is 4.65 Å². The highest BCUT2D eigenvalue weighted by Crippen LogP contribution is 2.50. The van der Waals surface area contributed by atoms with Crippen molar-refractivity contribution in [2.24, 2.45) is 0 Å². The van der Waals surface area contributed by atoms with E-state index in [4.69, 9.17) is 4.62 Å². The van der Waals surface area contributed by atoms with Gasteiger partial charge >= 0.3 is 19.6 Å². The Kier molecular flexibility index (Phi) is 5.07. The summed E-state index contributed by atoms with van der Waals surface area (Å²) in [5.74, 6) is -1.75. The molecule has 1 aliphatic rings. The molecular weight excluding hydrogens is 405 g/mol. The highest BCUT2D eigenvalue weighted by Gasteiger charge is 2.63. The third-order valence-electron chi connectivity index (χ3n) is 4.72. The number of imide groups is 1. The molecule has 30 heavy (non-hydrogen) atoms. The number of carbonyl (C=O) groups is 2. The Morgan fingerprint density at radius 3 is 1.37 bits per heavy atom.